The summed E-state index contributed by atoms with van der Waals surface area (Å²) in [6.45, 7) is 0. The zero-order valence-corrected chi connectivity index (χ0v) is 10.2. The summed E-state index contributed by atoms with van der Waals surface area (Å²) in [5.74, 6) is 0.350. The van der Waals surface area contributed by atoms with Crippen molar-refractivity contribution >= 4 is 24.2 Å². The summed E-state index contributed by atoms with van der Waals surface area (Å²) in [7, 11) is 0. The van der Waals surface area contributed by atoms with E-state index in [1.54, 1.807) is 24.3 Å². The predicted octanol–water partition coefficient (Wildman–Crippen LogP) is 0.214. The lowest BCUT2D eigenvalue weighted by Crippen LogP contribution is -2.17. The minimum atomic E-state index is -0.436. The Morgan fingerprint density at radius 1 is 1.50 bits per heavy atom. The number of anilines is 1. The molecule has 1 amide bonds. The van der Waals surface area contributed by atoms with Gasteiger partial charge in [0, 0.05) is 12.1 Å². The fourth-order valence-corrected chi connectivity index (χ4v) is 1.61. The first-order valence-corrected chi connectivity index (χ1v) is 5.85. The standard InChI is InChI=1S/C10H11N5O2S/c16-9(4-5-18)11-7-2-1-3-8(6-7)15-10(17)12-13-14-15/h1-3,6,18H,4-5H2,(H,11,16)(H,12,14,17). The lowest BCUT2D eigenvalue weighted by Gasteiger charge is -2.05. The van der Waals surface area contributed by atoms with E-state index in [0.29, 0.717) is 23.5 Å². The molecule has 2 aromatic rings. The molecule has 0 saturated carbocycles. The number of thiol groups is 1. The summed E-state index contributed by atoms with van der Waals surface area (Å²) < 4.78 is 1.11. The van der Waals surface area contributed by atoms with Crippen LogP contribution in [0.15, 0.2) is 29.1 Å². The van der Waals surface area contributed by atoms with Crippen LogP contribution in [0.4, 0.5) is 5.69 Å². The SMILES string of the molecule is O=C(CCS)Nc1cccc(-n2nn[nH]c2=O)c1. The molecule has 1 aromatic heterocycles. The lowest BCUT2D eigenvalue weighted by molar-refractivity contribution is -0.115. The number of aromatic amines is 1. The second-order valence-electron chi connectivity index (χ2n) is 3.49. The molecule has 0 atom stereocenters. The Balaban J connectivity index is 2.23. The van der Waals surface area contributed by atoms with Gasteiger partial charge in [0.15, 0.2) is 0 Å². The van der Waals surface area contributed by atoms with Crippen LogP contribution in [0.3, 0.4) is 0 Å². The molecule has 2 rings (SSSR count). The van der Waals surface area contributed by atoms with Gasteiger partial charge in [0.1, 0.15) is 0 Å². The molecule has 7 nitrogen and oxygen atoms in total. The van der Waals surface area contributed by atoms with Crippen molar-refractivity contribution in [2.24, 2.45) is 0 Å². The highest BCUT2D eigenvalue weighted by atomic mass is 32.1. The molecule has 0 bridgehead atoms. The van der Waals surface area contributed by atoms with Gasteiger partial charge >= 0.3 is 5.69 Å². The first-order valence-electron chi connectivity index (χ1n) is 5.22. The maximum Gasteiger partial charge on any atom is 0.365 e. The van der Waals surface area contributed by atoms with E-state index in [4.69, 9.17) is 0 Å². The molecule has 2 N–H and O–H groups in total. The zero-order valence-electron chi connectivity index (χ0n) is 9.33. The number of H-pyrrole nitrogens is 1. The van der Waals surface area contributed by atoms with E-state index in [1.165, 1.54) is 0 Å². The van der Waals surface area contributed by atoms with Crippen molar-refractivity contribution in [2.75, 3.05) is 11.1 Å². The first-order chi connectivity index (χ1) is 8.70. The number of hydrogen-bond acceptors (Lipinski definition) is 5. The third-order valence-corrected chi connectivity index (χ3v) is 2.41. The first kappa shape index (κ1) is 12.4. The van der Waals surface area contributed by atoms with Crippen LogP contribution in [-0.2, 0) is 4.79 Å². The van der Waals surface area contributed by atoms with Crippen LogP contribution in [0.1, 0.15) is 6.42 Å². The Bertz CT molecular complexity index is 606. The summed E-state index contributed by atoms with van der Waals surface area (Å²) >= 11 is 3.98. The van der Waals surface area contributed by atoms with Crippen molar-refractivity contribution < 1.29 is 4.79 Å². The van der Waals surface area contributed by atoms with Gasteiger partial charge in [0.25, 0.3) is 0 Å². The minimum absolute atomic E-state index is 0.130. The number of carbonyl (C=O) groups is 1. The fourth-order valence-electron chi connectivity index (χ4n) is 1.41. The van der Waals surface area contributed by atoms with Crippen LogP contribution in [0.2, 0.25) is 0 Å². The second-order valence-corrected chi connectivity index (χ2v) is 3.94. The van der Waals surface area contributed by atoms with Crippen LogP contribution in [0.25, 0.3) is 5.69 Å². The normalized spacial score (nSPS) is 10.3. The van der Waals surface area contributed by atoms with E-state index < -0.39 is 5.69 Å². The number of aromatic nitrogens is 4. The van der Waals surface area contributed by atoms with E-state index in [9.17, 15) is 9.59 Å². The molecule has 0 unspecified atom stereocenters. The van der Waals surface area contributed by atoms with Gasteiger partial charge in [-0.05, 0) is 34.4 Å². The minimum Gasteiger partial charge on any atom is -0.326 e. The van der Waals surface area contributed by atoms with Crippen molar-refractivity contribution in [2.45, 2.75) is 6.42 Å². The Kier molecular flexibility index (Phi) is 3.78. The van der Waals surface area contributed by atoms with Crippen LogP contribution in [0.5, 0.6) is 0 Å². The third-order valence-electron chi connectivity index (χ3n) is 2.19. The molecule has 1 heterocycles. The number of carbonyl (C=O) groups excluding carboxylic acids is 1. The molecular weight excluding hydrogens is 254 g/mol. The molecule has 1 aromatic carbocycles. The number of rotatable bonds is 4. The van der Waals surface area contributed by atoms with Gasteiger partial charge in [-0.3, -0.25) is 4.79 Å². The monoisotopic (exact) mass is 265 g/mol. The van der Waals surface area contributed by atoms with Crippen LogP contribution in [0, 0.1) is 0 Å². The maximum absolute atomic E-state index is 11.4. The molecule has 0 spiro atoms. The van der Waals surface area contributed by atoms with Gasteiger partial charge < -0.3 is 5.32 Å². The Morgan fingerprint density at radius 2 is 2.33 bits per heavy atom. The largest absolute Gasteiger partial charge is 0.365 e. The van der Waals surface area contributed by atoms with Crippen LogP contribution < -0.4 is 11.0 Å². The number of amides is 1. The average molecular weight is 265 g/mol. The maximum atomic E-state index is 11.4. The van der Waals surface area contributed by atoms with Crippen molar-refractivity contribution in [3.63, 3.8) is 0 Å². The van der Waals surface area contributed by atoms with E-state index in [0.717, 1.165) is 4.68 Å². The average Bonchev–Trinajstić information content (AvgIpc) is 2.76. The Labute approximate surface area is 108 Å². The van der Waals surface area contributed by atoms with Crippen molar-refractivity contribution in [3.8, 4) is 5.69 Å². The molecule has 0 saturated heterocycles. The zero-order chi connectivity index (χ0) is 13.0. The van der Waals surface area contributed by atoms with Crippen molar-refractivity contribution in [3.05, 3.63) is 34.7 Å². The summed E-state index contributed by atoms with van der Waals surface area (Å²) in [6, 6.07) is 6.77. The van der Waals surface area contributed by atoms with Crippen molar-refractivity contribution in [1.29, 1.82) is 0 Å². The number of nitrogens with zero attached hydrogens (tertiary/aromatic N) is 3. The predicted molar refractivity (Wildman–Crippen MR) is 69.1 cm³/mol. The lowest BCUT2D eigenvalue weighted by atomic mass is 10.2. The highest BCUT2D eigenvalue weighted by molar-refractivity contribution is 7.80. The van der Waals surface area contributed by atoms with Gasteiger partial charge in [0.05, 0.1) is 5.69 Å². The molecular formula is C10H11N5O2S. The third kappa shape index (κ3) is 2.77. The quantitative estimate of drug-likeness (QED) is 0.689. The smallest absolute Gasteiger partial charge is 0.326 e. The van der Waals surface area contributed by atoms with Gasteiger partial charge in [0.2, 0.25) is 5.91 Å². The highest BCUT2D eigenvalue weighted by Gasteiger charge is 2.05. The molecule has 18 heavy (non-hydrogen) atoms. The Hall–Kier alpha value is -2.09. The number of tetrazole rings is 1. The van der Waals surface area contributed by atoms with E-state index in [1.807, 2.05) is 0 Å². The molecule has 0 aliphatic carbocycles. The number of benzene rings is 1. The summed E-state index contributed by atoms with van der Waals surface area (Å²) in [4.78, 5) is 22.8. The van der Waals surface area contributed by atoms with E-state index >= 15 is 0 Å². The molecule has 0 fully saturated rings. The summed E-state index contributed by atoms with van der Waals surface area (Å²) in [5.41, 5.74) is 0.681. The highest BCUT2D eigenvalue weighted by Crippen LogP contribution is 2.12. The van der Waals surface area contributed by atoms with Gasteiger partial charge in [-0.25, -0.2) is 9.89 Å². The molecule has 0 aliphatic rings. The van der Waals surface area contributed by atoms with Crippen LogP contribution in [-0.4, -0.2) is 31.9 Å². The molecule has 8 heteroatoms. The summed E-state index contributed by atoms with van der Waals surface area (Å²) in [6.07, 6.45) is 0.331. The molecule has 0 aliphatic heterocycles. The van der Waals surface area contributed by atoms with Gasteiger partial charge in [-0.2, -0.15) is 17.3 Å². The fraction of sp³-hybridized carbons (Fsp3) is 0.200. The van der Waals surface area contributed by atoms with Crippen LogP contribution >= 0.6 is 12.6 Å². The van der Waals surface area contributed by atoms with Gasteiger partial charge in [-0.15, -0.1) is 0 Å². The second kappa shape index (κ2) is 5.50. The van der Waals surface area contributed by atoms with E-state index in [-0.39, 0.29) is 5.91 Å². The molecule has 94 valence electrons. The Morgan fingerprint density at radius 3 is 3.00 bits per heavy atom. The summed E-state index contributed by atoms with van der Waals surface area (Å²) in [5, 5.41) is 11.9. The topological polar surface area (TPSA) is 92.7 Å². The number of hydrogen-bond donors (Lipinski definition) is 3. The molecule has 0 radical (unpaired) electrons. The number of nitrogens with one attached hydrogen (secondary N) is 2. The van der Waals surface area contributed by atoms with Gasteiger partial charge in [-0.1, -0.05) is 6.07 Å². The van der Waals surface area contributed by atoms with E-state index in [2.05, 4.69) is 33.5 Å². The van der Waals surface area contributed by atoms with Crippen molar-refractivity contribution in [1.82, 2.24) is 20.2 Å².